The van der Waals surface area contributed by atoms with E-state index in [2.05, 4.69) is 0 Å². The topological polar surface area (TPSA) is 109 Å². The van der Waals surface area contributed by atoms with Crippen LogP contribution in [-0.4, -0.2) is 45.8 Å². The van der Waals surface area contributed by atoms with E-state index in [1.807, 2.05) is 18.2 Å². The molecule has 3 heterocycles. The highest BCUT2D eigenvalue weighted by Gasteiger charge is 2.54. The molecule has 0 saturated carbocycles. The zero-order valence-electron chi connectivity index (χ0n) is 16.6. The van der Waals surface area contributed by atoms with Crippen LogP contribution in [0.1, 0.15) is 24.9 Å². The number of benzene rings is 2. The highest BCUT2D eigenvalue weighted by molar-refractivity contribution is 7.71. The number of hydrogen-bond acceptors (Lipinski definition) is 8. The molecule has 0 aliphatic carbocycles. The summed E-state index contributed by atoms with van der Waals surface area (Å²) in [6.07, 6.45) is -1.29. The van der Waals surface area contributed by atoms with Crippen molar-refractivity contribution in [3.8, 4) is 5.75 Å². The molecule has 3 atom stereocenters. The third-order valence-electron chi connectivity index (χ3n) is 5.83. The van der Waals surface area contributed by atoms with Crippen LogP contribution >= 0.6 is 12.2 Å². The summed E-state index contributed by atoms with van der Waals surface area (Å²) in [7, 11) is 0. The molecule has 2 aromatic carbocycles. The van der Waals surface area contributed by atoms with Crippen molar-refractivity contribution in [3.63, 3.8) is 0 Å². The Labute approximate surface area is 181 Å². The van der Waals surface area contributed by atoms with Gasteiger partial charge in [-0.25, -0.2) is 0 Å². The number of fused-ring (bicyclic) bond motifs is 2. The number of non-ortho nitro benzene ring substituents is 1. The van der Waals surface area contributed by atoms with Crippen LogP contribution in [0.3, 0.4) is 0 Å². The Kier molecular flexibility index (Phi) is 4.82. The SMILES string of the molecule is C[C@@]1(C2OCCCO2)Oc2ccc([N+](=O)[O-])cc2[C@H](n2c(=S)oc3ccccc32)[C@H]1O. The number of oxazole rings is 1. The number of nitro groups is 1. The van der Waals surface area contributed by atoms with Gasteiger partial charge in [-0.15, -0.1) is 0 Å². The summed E-state index contributed by atoms with van der Waals surface area (Å²) in [6.45, 7) is 2.65. The Morgan fingerprint density at radius 2 is 1.97 bits per heavy atom. The summed E-state index contributed by atoms with van der Waals surface area (Å²) >= 11 is 5.48. The van der Waals surface area contributed by atoms with E-state index >= 15 is 0 Å². The van der Waals surface area contributed by atoms with Gasteiger partial charge < -0.3 is 23.7 Å². The van der Waals surface area contributed by atoms with E-state index in [4.69, 9.17) is 30.8 Å². The van der Waals surface area contributed by atoms with Crippen LogP contribution < -0.4 is 4.74 Å². The Balaban J connectivity index is 1.74. The molecule has 1 N–H and O–H groups in total. The number of aliphatic hydroxyl groups excluding tert-OH is 1. The summed E-state index contributed by atoms with van der Waals surface area (Å²) in [6, 6.07) is 10.7. The summed E-state index contributed by atoms with van der Waals surface area (Å²) in [5.41, 5.74) is 0.223. The van der Waals surface area contributed by atoms with Gasteiger partial charge in [0.2, 0.25) is 0 Å². The summed E-state index contributed by atoms with van der Waals surface area (Å²) in [5.74, 6) is 0.383. The van der Waals surface area contributed by atoms with Gasteiger partial charge in [0.1, 0.15) is 11.9 Å². The second-order valence-electron chi connectivity index (χ2n) is 7.79. The third kappa shape index (κ3) is 3.14. The van der Waals surface area contributed by atoms with Crippen LogP contribution in [0.5, 0.6) is 5.75 Å². The minimum Gasteiger partial charge on any atom is -0.479 e. The molecule has 0 spiro atoms. The molecule has 1 fully saturated rings. The lowest BCUT2D eigenvalue weighted by molar-refractivity contribution is -0.385. The summed E-state index contributed by atoms with van der Waals surface area (Å²) in [4.78, 5) is 11.1. The lowest BCUT2D eigenvalue weighted by Gasteiger charge is -2.48. The molecule has 1 saturated heterocycles. The van der Waals surface area contributed by atoms with Crippen LogP contribution in [0.25, 0.3) is 11.1 Å². The van der Waals surface area contributed by atoms with Crippen LogP contribution in [0, 0.1) is 15.0 Å². The lowest BCUT2D eigenvalue weighted by Crippen LogP contribution is -2.62. The number of aliphatic hydroxyl groups is 1. The molecule has 5 rings (SSSR count). The van der Waals surface area contributed by atoms with Gasteiger partial charge in [0.15, 0.2) is 17.5 Å². The fourth-order valence-electron chi connectivity index (χ4n) is 4.29. The van der Waals surface area contributed by atoms with Gasteiger partial charge in [-0.3, -0.25) is 14.7 Å². The lowest BCUT2D eigenvalue weighted by atomic mass is 9.84. The minimum atomic E-state index is -1.29. The van der Waals surface area contributed by atoms with E-state index < -0.39 is 29.0 Å². The van der Waals surface area contributed by atoms with Gasteiger partial charge in [-0.05, 0) is 43.8 Å². The Hall–Kier alpha value is -2.79. The standard InChI is InChI=1S/C21H20N2O7S/c1-21(19-27-9-4-10-28-19)18(24)17(13-11-12(23(25)26)7-8-15(13)30-21)22-14-5-2-3-6-16(14)29-20(22)31/h2-3,5-8,11,17-19,24H,4,9-10H2,1H3/t17-,18+,21+/m0/s1. The van der Waals surface area contributed by atoms with Crippen molar-refractivity contribution < 1.29 is 28.7 Å². The van der Waals surface area contributed by atoms with Crippen LogP contribution in [0.2, 0.25) is 0 Å². The quantitative estimate of drug-likeness (QED) is 0.370. The molecule has 162 valence electrons. The van der Waals surface area contributed by atoms with Crippen molar-refractivity contribution in [1.29, 1.82) is 0 Å². The zero-order chi connectivity index (χ0) is 21.8. The third-order valence-corrected chi connectivity index (χ3v) is 6.11. The van der Waals surface area contributed by atoms with Crippen LogP contribution in [0.4, 0.5) is 5.69 Å². The second-order valence-corrected chi connectivity index (χ2v) is 8.14. The maximum Gasteiger partial charge on any atom is 0.270 e. The van der Waals surface area contributed by atoms with Crippen molar-refractivity contribution in [2.75, 3.05) is 13.2 Å². The predicted octanol–water partition coefficient (Wildman–Crippen LogP) is 3.74. The smallest absolute Gasteiger partial charge is 0.270 e. The molecular weight excluding hydrogens is 424 g/mol. The summed E-state index contributed by atoms with van der Waals surface area (Å²) in [5, 5.41) is 23.0. The molecule has 0 unspecified atom stereocenters. The molecule has 0 bridgehead atoms. The minimum absolute atomic E-state index is 0.118. The Bertz CT molecular complexity index is 1220. The van der Waals surface area contributed by atoms with Crippen molar-refractivity contribution in [3.05, 3.63) is 63.0 Å². The maximum atomic E-state index is 11.6. The van der Waals surface area contributed by atoms with Gasteiger partial charge in [-0.2, -0.15) is 0 Å². The van der Waals surface area contributed by atoms with Gasteiger partial charge in [0, 0.05) is 17.7 Å². The average Bonchev–Trinajstić information content (AvgIpc) is 3.10. The number of ether oxygens (including phenoxy) is 3. The largest absolute Gasteiger partial charge is 0.479 e. The van der Waals surface area contributed by atoms with Crippen molar-refractivity contribution in [2.45, 2.75) is 37.4 Å². The number of hydrogen-bond donors (Lipinski definition) is 1. The molecule has 2 aliphatic heterocycles. The molecule has 9 nitrogen and oxygen atoms in total. The van der Waals surface area contributed by atoms with E-state index in [0.29, 0.717) is 35.6 Å². The van der Waals surface area contributed by atoms with Gasteiger partial charge >= 0.3 is 0 Å². The monoisotopic (exact) mass is 444 g/mol. The van der Waals surface area contributed by atoms with E-state index in [-0.39, 0.29) is 10.5 Å². The first-order valence-corrected chi connectivity index (χ1v) is 10.3. The summed E-state index contributed by atoms with van der Waals surface area (Å²) < 4.78 is 25.1. The number of nitro benzene ring substituents is 1. The van der Waals surface area contributed by atoms with Gasteiger partial charge in [0.25, 0.3) is 10.5 Å². The molecule has 31 heavy (non-hydrogen) atoms. The van der Waals surface area contributed by atoms with Gasteiger partial charge in [0.05, 0.1) is 29.7 Å². The van der Waals surface area contributed by atoms with Crippen molar-refractivity contribution in [2.24, 2.45) is 0 Å². The number of aromatic nitrogens is 1. The van der Waals surface area contributed by atoms with E-state index in [0.717, 1.165) is 6.42 Å². The van der Waals surface area contributed by atoms with Crippen LogP contribution in [-0.2, 0) is 9.47 Å². The normalized spacial score (nSPS) is 26.4. The average molecular weight is 444 g/mol. The molecule has 0 radical (unpaired) electrons. The number of rotatable bonds is 3. The molecule has 1 aromatic heterocycles. The predicted molar refractivity (Wildman–Crippen MR) is 112 cm³/mol. The first-order chi connectivity index (χ1) is 14.9. The second kappa shape index (κ2) is 7.41. The first kappa shape index (κ1) is 20.1. The molecule has 3 aromatic rings. The van der Waals surface area contributed by atoms with Gasteiger partial charge in [-0.1, -0.05) is 12.1 Å². The molecule has 10 heteroatoms. The van der Waals surface area contributed by atoms with Crippen LogP contribution in [0.15, 0.2) is 46.9 Å². The zero-order valence-corrected chi connectivity index (χ0v) is 17.4. The maximum absolute atomic E-state index is 11.6. The van der Waals surface area contributed by atoms with E-state index in [9.17, 15) is 15.2 Å². The molecular formula is C21H20N2O7S. The fourth-order valence-corrected chi connectivity index (χ4v) is 4.59. The molecule has 0 amide bonds. The van der Waals surface area contributed by atoms with E-state index in [1.165, 1.54) is 18.2 Å². The first-order valence-electron chi connectivity index (χ1n) is 9.89. The fraction of sp³-hybridized carbons (Fsp3) is 0.381. The van der Waals surface area contributed by atoms with E-state index in [1.54, 1.807) is 17.6 Å². The Morgan fingerprint density at radius 1 is 1.23 bits per heavy atom. The van der Waals surface area contributed by atoms with Crippen molar-refractivity contribution in [1.82, 2.24) is 4.57 Å². The number of nitrogens with zero attached hydrogens (tertiary/aromatic N) is 2. The highest BCUT2D eigenvalue weighted by atomic mass is 32.1. The Morgan fingerprint density at radius 3 is 2.71 bits per heavy atom. The number of para-hydroxylation sites is 2. The van der Waals surface area contributed by atoms with Crippen molar-refractivity contribution >= 4 is 29.0 Å². The highest BCUT2D eigenvalue weighted by Crippen LogP contribution is 2.47. The molecule has 2 aliphatic rings.